The van der Waals surface area contributed by atoms with Crippen molar-refractivity contribution >= 4 is 17.0 Å². The van der Waals surface area contributed by atoms with E-state index in [1.807, 2.05) is 43.9 Å². The average molecular weight is 330 g/mol. The second kappa shape index (κ2) is 6.38. The van der Waals surface area contributed by atoms with Crippen LogP contribution in [0.1, 0.15) is 45.2 Å². The van der Waals surface area contributed by atoms with E-state index < -0.39 is 5.60 Å². The van der Waals surface area contributed by atoms with Crippen LogP contribution >= 0.6 is 0 Å². The fourth-order valence-electron chi connectivity index (χ4n) is 3.20. The van der Waals surface area contributed by atoms with Gasteiger partial charge in [0.1, 0.15) is 11.4 Å². The van der Waals surface area contributed by atoms with Crippen LogP contribution in [0, 0.1) is 0 Å². The Morgan fingerprint density at radius 1 is 1.29 bits per heavy atom. The fraction of sp³-hybridized carbons (Fsp3) is 0.526. The van der Waals surface area contributed by atoms with Crippen LogP contribution in [0.15, 0.2) is 24.3 Å². The monoisotopic (exact) mass is 330 g/mol. The summed E-state index contributed by atoms with van der Waals surface area (Å²) >= 11 is 0. The first kappa shape index (κ1) is 16.7. The lowest BCUT2D eigenvalue weighted by Crippen LogP contribution is -2.42. The van der Waals surface area contributed by atoms with Crippen molar-refractivity contribution in [3.8, 4) is 5.75 Å². The van der Waals surface area contributed by atoms with Gasteiger partial charge in [0.05, 0.1) is 7.11 Å². The van der Waals surface area contributed by atoms with Crippen LogP contribution in [0.2, 0.25) is 0 Å². The summed E-state index contributed by atoms with van der Waals surface area (Å²) in [5, 5.41) is 1.14. The van der Waals surface area contributed by atoms with Crippen molar-refractivity contribution < 1.29 is 14.3 Å². The van der Waals surface area contributed by atoms with Gasteiger partial charge in [0.15, 0.2) is 0 Å². The average Bonchev–Trinajstić information content (AvgIpc) is 2.96. The summed E-state index contributed by atoms with van der Waals surface area (Å²) < 4.78 is 10.8. The number of amides is 1. The normalized spacial score (nSPS) is 18.7. The van der Waals surface area contributed by atoms with Gasteiger partial charge < -0.3 is 19.4 Å². The predicted octanol–water partition coefficient (Wildman–Crippen LogP) is 4.29. The summed E-state index contributed by atoms with van der Waals surface area (Å²) in [6, 6.07) is 8.19. The first-order valence-electron chi connectivity index (χ1n) is 8.50. The minimum Gasteiger partial charge on any atom is -0.497 e. The smallest absolute Gasteiger partial charge is 0.410 e. The molecular formula is C19H26N2O3. The van der Waals surface area contributed by atoms with E-state index in [4.69, 9.17) is 9.47 Å². The van der Waals surface area contributed by atoms with E-state index >= 15 is 0 Å². The number of nitrogens with zero attached hydrogens (tertiary/aromatic N) is 1. The van der Waals surface area contributed by atoms with Crippen molar-refractivity contribution in [3.63, 3.8) is 0 Å². The van der Waals surface area contributed by atoms with Crippen molar-refractivity contribution in [2.75, 3.05) is 20.2 Å². The van der Waals surface area contributed by atoms with Gasteiger partial charge in [-0.2, -0.15) is 0 Å². The standard InChI is InChI=1S/C19H26N2O3/c1-19(2,3)24-18(22)21-9-5-6-13(12-21)17-11-14-10-15(23-4)7-8-16(14)20-17/h7-8,10-11,13,20H,5-6,9,12H2,1-4H3. The topological polar surface area (TPSA) is 54.6 Å². The molecule has 5 nitrogen and oxygen atoms in total. The molecule has 2 aromatic rings. The summed E-state index contributed by atoms with van der Waals surface area (Å²) in [4.78, 5) is 17.6. The third-order valence-corrected chi connectivity index (χ3v) is 4.36. The van der Waals surface area contributed by atoms with E-state index in [9.17, 15) is 4.79 Å². The molecule has 1 aromatic carbocycles. The van der Waals surface area contributed by atoms with Gasteiger partial charge in [0.2, 0.25) is 0 Å². The molecule has 1 aliphatic heterocycles. The number of aromatic amines is 1. The zero-order valence-corrected chi connectivity index (χ0v) is 14.9. The number of likely N-dealkylation sites (tertiary alicyclic amines) is 1. The van der Waals surface area contributed by atoms with Crippen LogP contribution in [-0.2, 0) is 4.74 Å². The minimum atomic E-state index is -0.457. The number of methoxy groups -OCH3 is 1. The van der Waals surface area contributed by atoms with Crippen molar-refractivity contribution in [2.24, 2.45) is 0 Å². The maximum atomic E-state index is 12.3. The SMILES string of the molecule is COc1ccc2[nH]c(C3CCCN(C(=O)OC(C)(C)C)C3)cc2c1. The lowest BCUT2D eigenvalue weighted by Gasteiger charge is -2.33. The second-order valence-electron chi connectivity index (χ2n) is 7.44. The third kappa shape index (κ3) is 3.66. The molecule has 130 valence electrons. The van der Waals surface area contributed by atoms with Crippen LogP contribution < -0.4 is 4.74 Å². The Morgan fingerprint density at radius 3 is 2.79 bits per heavy atom. The van der Waals surface area contributed by atoms with Gasteiger partial charge in [-0.05, 0) is 57.9 Å². The maximum absolute atomic E-state index is 12.3. The number of piperidine rings is 1. The zero-order chi connectivity index (χ0) is 17.3. The number of hydrogen-bond donors (Lipinski definition) is 1. The molecule has 1 unspecified atom stereocenters. The van der Waals surface area contributed by atoms with Crippen molar-refractivity contribution in [2.45, 2.75) is 45.1 Å². The van der Waals surface area contributed by atoms with E-state index in [0.717, 1.165) is 36.0 Å². The highest BCUT2D eigenvalue weighted by Crippen LogP contribution is 2.31. The summed E-state index contributed by atoms with van der Waals surface area (Å²) in [6.07, 6.45) is 1.84. The van der Waals surface area contributed by atoms with Gasteiger partial charge >= 0.3 is 6.09 Å². The number of fused-ring (bicyclic) bond motifs is 1. The Morgan fingerprint density at radius 2 is 2.08 bits per heavy atom. The number of hydrogen-bond acceptors (Lipinski definition) is 3. The molecule has 0 spiro atoms. The molecule has 1 aliphatic rings. The Bertz CT molecular complexity index is 730. The zero-order valence-electron chi connectivity index (χ0n) is 14.9. The molecule has 0 radical (unpaired) electrons. The molecular weight excluding hydrogens is 304 g/mol. The number of H-pyrrole nitrogens is 1. The maximum Gasteiger partial charge on any atom is 0.410 e. The lowest BCUT2D eigenvalue weighted by molar-refractivity contribution is 0.0197. The Labute approximate surface area is 142 Å². The summed E-state index contributed by atoms with van der Waals surface area (Å²) in [7, 11) is 1.68. The number of nitrogens with one attached hydrogen (secondary N) is 1. The molecule has 24 heavy (non-hydrogen) atoms. The quantitative estimate of drug-likeness (QED) is 0.893. The van der Waals surface area contributed by atoms with Crippen molar-refractivity contribution in [3.05, 3.63) is 30.0 Å². The highest BCUT2D eigenvalue weighted by molar-refractivity contribution is 5.82. The highest BCUT2D eigenvalue weighted by Gasteiger charge is 2.29. The summed E-state index contributed by atoms with van der Waals surface area (Å²) in [5.74, 6) is 1.16. The predicted molar refractivity (Wildman–Crippen MR) is 94.6 cm³/mol. The number of benzene rings is 1. The molecule has 1 atom stereocenters. The molecule has 5 heteroatoms. The van der Waals surface area contributed by atoms with E-state index in [2.05, 4.69) is 11.1 Å². The largest absolute Gasteiger partial charge is 0.497 e. The van der Waals surface area contributed by atoms with E-state index in [0.29, 0.717) is 12.5 Å². The van der Waals surface area contributed by atoms with Gasteiger partial charge in [-0.25, -0.2) is 4.79 Å². The van der Waals surface area contributed by atoms with Gasteiger partial charge in [0, 0.05) is 35.6 Å². The molecule has 2 heterocycles. The summed E-state index contributed by atoms with van der Waals surface area (Å²) in [5.41, 5.74) is 1.81. The highest BCUT2D eigenvalue weighted by atomic mass is 16.6. The number of rotatable bonds is 2. The molecule has 0 saturated carbocycles. The first-order chi connectivity index (χ1) is 11.4. The molecule has 0 aliphatic carbocycles. The minimum absolute atomic E-state index is 0.218. The molecule has 1 fully saturated rings. The Kier molecular flexibility index (Phi) is 4.43. The summed E-state index contributed by atoms with van der Waals surface area (Å²) in [6.45, 7) is 7.16. The number of carbonyl (C=O) groups excluding carboxylic acids is 1. The van der Waals surface area contributed by atoms with E-state index in [1.54, 1.807) is 7.11 Å². The molecule has 1 saturated heterocycles. The molecule has 1 aromatic heterocycles. The van der Waals surface area contributed by atoms with Gasteiger partial charge in [-0.15, -0.1) is 0 Å². The number of ether oxygens (including phenoxy) is 2. The number of aromatic nitrogens is 1. The fourth-order valence-corrected chi connectivity index (χ4v) is 3.20. The first-order valence-corrected chi connectivity index (χ1v) is 8.50. The van der Waals surface area contributed by atoms with Crippen LogP contribution in [-0.4, -0.2) is 41.8 Å². The van der Waals surface area contributed by atoms with Gasteiger partial charge in [0.25, 0.3) is 0 Å². The molecule has 0 bridgehead atoms. The van der Waals surface area contributed by atoms with E-state index in [1.165, 1.54) is 5.69 Å². The van der Waals surface area contributed by atoms with Crippen LogP contribution in [0.3, 0.4) is 0 Å². The van der Waals surface area contributed by atoms with Crippen molar-refractivity contribution in [1.29, 1.82) is 0 Å². The van der Waals surface area contributed by atoms with E-state index in [-0.39, 0.29) is 6.09 Å². The van der Waals surface area contributed by atoms with Crippen LogP contribution in [0.25, 0.3) is 10.9 Å². The van der Waals surface area contributed by atoms with Gasteiger partial charge in [-0.1, -0.05) is 0 Å². The molecule has 3 rings (SSSR count). The Hall–Kier alpha value is -2.17. The van der Waals surface area contributed by atoms with Crippen LogP contribution in [0.4, 0.5) is 4.79 Å². The molecule has 1 amide bonds. The van der Waals surface area contributed by atoms with Crippen LogP contribution in [0.5, 0.6) is 5.75 Å². The molecule has 1 N–H and O–H groups in total. The number of carbonyl (C=O) groups is 1. The Balaban J connectivity index is 1.76. The van der Waals surface area contributed by atoms with Crippen molar-refractivity contribution in [1.82, 2.24) is 9.88 Å². The second-order valence-corrected chi connectivity index (χ2v) is 7.44. The van der Waals surface area contributed by atoms with Gasteiger partial charge in [-0.3, -0.25) is 0 Å². The lowest BCUT2D eigenvalue weighted by atomic mass is 9.95. The third-order valence-electron chi connectivity index (χ3n) is 4.36.